The molecule has 6 heteroatoms. The van der Waals surface area contributed by atoms with Crippen molar-refractivity contribution in [2.45, 2.75) is 72.7 Å². The van der Waals surface area contributed by atoms with Crippen LogP contribution in [0.5, 0.6) is 0 Å². The van der Waals surface area contributed by atoms with Crippen LogP contribution >= 0.6 is 11.6 Å². The van der Waals surface area contributed by atoms with Crippen molar-refractivity contribution in [2.75, 3.05) is 6.61 Å². The van der Waals surface area contributed by atoms with Gasteiger partial charge in [0.05, 0.1) is 12.7 Å². The van der Waals surface area contributed by atoms with Gasteiger partial charge in [-0.3, -0.25) is 4.79 Å². The molecule has 5 nitrogen and oxygen atoms in total. The molecule has 2 rings (SSSR count). The molecule has 3 atom stereocenters. The summed E-state index contributed by atoms with van der Waals surface area (Å²) in [5, 5.41) is 12.0. The van der Waals surface area contributed by atoms with Gasteiger partial charge < -0.3 is 14.7 Å². The van der Waals surface area contributed by atoms with Gasteiger partial charge in [0, 0.05) is 17.9 Å². The highest BCUT2D eigenvalue weighted by Gasteiger charge is 2.38. The van der Waals surface area contributed by atoms with Gasteiger partial charge in [-0.25, -0.2) is 0 Å². The van der Waals surface area contributed by atoms with E-state index in [1.807, 2.05) is 6.92 Å². The molecule has 0 fully saturated rings. The van der Waals surface area contributed by atoms with Gasteiger partial charge in [0.25, 0.3) is 0 Å². The van der Waals surface area contributed by atoms with Crippen molar-refractivity contribution in [3.8, 4) is 0 Å². The van der Waals surface area contributed by atoms with Crippen LogP contribution < -0.4 is 0 Å². The topological polar surface area (TPSA) is 68.1 Å². The quantitative estimate of drug-likeness (QED) is 0.199. The maximum absolute atomic E-state index is 11.9. The Hall–Kier alpha value is -1.95. The Kier molecular flexibility index (Phi) is 11.8. The predicted molar refractivity (Wildman–Crippen MR) is 128 cm³/mol. The van der Waals surface area contributed by atoms with Crippen LogP contribution in [0.15, 0.2) is 64.4 Å². The number of fused-ring (bicyclic) bond motifs is 1. The second-order valence-electron chi connectivity index (χ2n) is 8.42. The lowest BCUT2D eigenvalue weighted by molar-refractivity contribution is -0.151. The lowest BCUT2D eigenvalue weighted by Crippen LogP contribution is -2.40. The highest BCUT2D eigenvalue weighted by Crippen LogP contribution is 2.36. The smallest absolute Gasteiger partial charge is 0.178 e. The third-order valence-electron chi connectivity index (χ3n) is 4.92. The average Bonchev–Trinajstić information content (AvgIpc) is 2.67. The van der Waals surface area contributed by atoms with Gasteiger partial charge >= 0.3 is 0 Å². The van der Waals surface area contributed by atoms with Gasteiger partial charge in [-0.1, -0.05) is 39.6 Å². The molecule has 2 unspecified atom stereocenters. The molecule has 1 N–H and O–H groups in total. The number of Topliss-reactive ketones (excluding diaryl/α,β-unsaturated/α-hetero) is 1. The van der Waals surface area contributed by atoms with Crippen molar-refractivity contribution in [3.63, 3.8) is 0 Å². The minimum Gasteiger partial charge on any atom is -0.410 e. The Morgan fingerprint density at radius 1 is 1.26 bits per heavy atom. The third-order valence-corrected chi connectivity index (χ3v) is 5.22. The van der Waals surface area contributed by atoms with Crippen molar-refractivity contribution in [3.05, 3.63) is 59.3 Å². The second kappa shape index (κ2) is 13.5. The van der Waals surface area contributed by atoms with Gasteiger partial charge in [-0.2, -0.15) is 0 Å². The van der Waals surface area contributed by atoms with Crippen molar-refractivity contribution >= 4 is 22.6 Å². The summed E-state index contributed by atoms with van der Waals surface area (Å²) in [6.07, 6.45) is 8.07. The molecule has 31 heavy (non-hydrogen) atoms. The second-order valence-corrected chi connectivity index (χ2v) is 8.78. The van der Waals surface area contributed by atoms with Gasteiger partial charge in [0.2, 0.25) is 0 Å². The van der Waals surface area contributed by atoms with E-state index in [0.29, 0.717) is 17.8 Å². The maximum atomic E-state index is 11.9. The number of halogens is 1. The van der Waals surface area contributed by atoms with Crippen LogP contribution in [0.2, 0.25) is 0 Å². The molecule has 0 spiro atoms. The molecule has 0 bridgehead atoms. The zero-order valence-corrected chi connectivity index (χ0v) is 20.2. The summed E-state index contributed by atoms with van der Waals surface area (Å²) in [4.78, 5) is 11.9. The number of carbonyl (C=O) groups is 1. The summed E-state index contributed by atoms with van der Waals surface area (Å²) in [6.45, 7) is 18.1. The highest BCUT2D eigenvalue weighted by atomic mass is 35.5. The molecule has 172 valence electrons. The summed E-state index contributed by atoms with van der Waals surface area (Å²) in [5.41, 5.74) is 4.94. The van der Waals surface area contributed by atoms with Gasteiger partial charge in [-0.15, -0.1) is 13.2 Å². The molecule has 0 radical (unpaired) electrons. The fraction of sp³-hybridized carbons (Fsp3) is 0.520. The Labute approximate surface area is 191 Å². The molecule has 0 aromatic heterocycles. The molecule has 2 aliphatic rings. The van der Waals surface area contributed by atoms with Gasteiger partial charge in [0.15, 0.2) is 17.2 Å². The number of allylic oxidation sites excluding steroid dienone is 4. The fourth-order valence-electron chi connectivity index (χ4n) is 3.14. The Morgan fingerprint density at radius 3 is 2.45 bits per heavy atom. The number of ketones is 1. The summed E-state index contributed by atoms with van der Waals surface area (Å²) in [6, 6.07) is 0. The summed E-state index contributed by atoms with van der Waals surface area (Å²) in [7, 11) is 0. The number of hydrogen-bond acceptors (Lipinski definition) is 5. The van der Waals surface area contributed by atoms with E-state index in [1.165, 1.54) is 11.1 Å². The Bertz CT molecular complexity index is 787. The van der Waals surface area contributed by atoms with Crippen LogP contribution in [-0.2, 0) is 14.3 Å². The number of hydrogen-bond donors (Lipinski definition) is 1. The summed E-state index contributed by atoms with van der Waals surface area (Å²) in [5.74, 6) is -0.208. The first-order valence-corrected chi connectivity index (χ1v) is 10.9. The summed E-state index contributed by atoms with van der Waals surface area (Å²) >= 11 is 5.97. The standard InChI is InChI=1S/C16H20ClNO4.C9H16/c1-9(2)4-5-21-15-8-12(16(17)18-20)11-7-13(19)10(3)6-14(11)22-15;1-8(2)6-5-7-9(3)4/h6,8,11,14-15,20H,1,4-5,7H2,2-3H3;7H,1,5-6H2,2-4H3/b18-16-;/t11-,14?,15?;/m1./s1. The Morgan fingerprint density at radius 2 is 1.90 bits per heavy atom. The number of rotatable bonds is 8. The number of nitrogens with zero attached hydrogens (tertiary/aromatic N) is 1. The van der Waals surface area contributed by atoms with Crippen LogP contribution in [-0.4, -0.2) is 35.2 Å². The van der Waals surface area contributed by atoms with Crippen LogP contribution in [0, 0.1) is 5.92 Å². The molecule has 0 amide bonds. The van der Waals surface area contributed by atoms with E-state index >= 15 is 0 Å². The molecule has 1 heterocycles. The van der Waals surface area contributed by atoms with Crippen LogP contribution in [0.1, 0.15) is 60.3 Å². The first-order chi connectivity index (χ1) is 14.5. The summed E-state index contributed by atoms with van der Waals surface area (Å²) < 4.78 is 11.5. The lowest BCUT2D eigenvalue weighted by Gasteiger charge is -2.36. The molecule has 1 aliphatic heterocycles. The largest absolute Gasteiger partial charge is 0.410 e. The van der Waals surface area contributed by atoms with E-state index in [1.54, 1.807) is 19.1 Å². The van der Waals surface area contributed by atoms with Crippen molar-refractivity contribution in [1.82, 2.24) is 0 Å². The Balaban J connectivity index is 0.000000452. The molecule has 1 aliphatic carbocycles. The minimum absolute atomic E-state index is 0.0347. The van der Waals surface area contributed by atoms with Crippen molar-refractivity contribution in [2.24, 2.45) is 11.1 Å². The van der Waals surface area contributed by atoms with Gasteiger partial charge in [-0.05, 0) is 71.6 Å². The van der Waals surface area contributed by atoms with E-state index < -0.39 is 6.29 Å². The van der Waals surface area contributed by atoms with E-state index in [2.05, 4.69) is 45.2 Å². The lowest BCUT2D eigenvalue weighted by atomic mass is 9.80. The third kappa shape index (κ3) is 9.81. The molecule has 0 saturated carbocycles. The maximum Gasteiger partial charge on any atom is 0.178 e. The van der Waals surface area contributed by atoms with Crippen LogP contribution in [0.4, 0.5) is 0 Å². The molecule has 0 saturated heterocycles. The van der Waals surface area contributed by atoms with E-state index in [9.17, 15) is 4.79 Å². The molecule has 0 aromatic rings. The molecular formula is C25H36ClNO4. The SMILES string of the molecule is C=C(C)CCC=C(C)C.C=C(C)CCOC1C=C(/C(Cl)=N/O)[C@H]2CC(=O)C(C)=CC2O1. The monoisotopic (exact) mass is 449 g/mol. The number of ether oxygens (including phenoxy) is 2. The molecule has 0 aromatic carbocycles. The highest BCUT2D eigenvalue weighted by molar-refractivity contribution is 6.69. The van der Waals surface area contributed by atoms with Crippen LogP contribution in [0.25, 0.3) is 0 Å². The zero-order chi connectivity index (χ0) is 23.6. The van der Waals surface area contributed by atoms with E-state index in [-0.39, 0.29) is 29.4 Å². The predicted octanol–water partition coefficient (Wildman–Crippen LogP) is 6.49. The van der Waals surface area contributed by atoms with Gasteiger partial charge in [0.1, 0.15) is 0 Å². The normalized spacial score (nSPS) is 23.0. The first kappa shape index (κ1) is 27.1. The van der Waals surface area contributed by atoms with Crippen molar-refractivity contribution in [1.29, 1.82) is 0 Å². The molecular weight excluding hydrogens is 414 g/mol. The van der Waals surface area contributed by atoms with E-state index in [4.69, 9.17) is 26.3 Å². The van der Waals surface area contributed by atoms with Crippen molar-refractivity contribution < 1.29 is 19.5 Å². The number of carbonyl (C=O) groups excluding carboxylic acids is 1. The first-order valence-electron chi connectivity index (χ1n) is 10.6. The number of oxime groups is 1. The zero-order valence-electron chi connectivity index (χ0n) is 19.4. The minimum atomic E-state index is -0.594. The van der Waals surface area contributed by atoms with E-state index in [0.717, 1.165) is 24.8 Å². The average molecular weight is 450 g/mol. The van der Waals surface area contributed by atoms with Crippen LogP contribution in [0.3, 0.4) is 0 Å². The fourth-order valence-corrected chi connectivity index (χ4v) is 3.34.